The Morgan fingerprint density at radius 3 is 2.94 bits per heavy atom. The molecule has 1 N–H and O–H groups in total. The highest BCUT2D eigenvalue weighted by molar-refractivity contribution is 6.28. The molecule has 18 heavy (non-hydrogen) atoms. The molecule has 0 saturated carbocycles. The van der Waals surface area contributed by atoms with Gasteiger partial charge >= 0.3 is 5.69 Å². The molecule has 1 aliphatic heterocycles. The van der Waals surface area contributed by atoms with Gasteiger partial charge in [0, 0.05) is 6.54 Å². The predicted molar refractivity (Wildman–Crippen MR) is 65.9 cm³/mol. The Labute approximate surface area is 109 Å². The van der Waals surface area contributed by atoms with Crippen LogP contribution in [-0.2, 0) is 0 Å². The Balaban J connectivity index is 2.51. The number of aryl methyl sites for hydroxylation is 1. The fraction of sp³-hybridized carbons (Fsp3) is 0.600. The van der Waals surface area contributed by atoms with Crippen LogP contribution in [0.25, 0.3) is 0 Å². The zero-order chi connectivity index (χ0) is 13.3. The van der Waals surface area contributed by atoms with Crippen LogP contribution in [0.5, 0.6) is 0 Å². The largest absolute Gasteiger partial charge is 0.394 e. The lowest BCUT2D eigenvalue weighted by Crippen LogP contribution is -2.33. The summed E-state index contributed by atoms with van der Waals surface area (Å²) in [6.07, 6.45) is 1.65. The summed E-state index contributed by atoms with van der Waals surface area (Å²) in [7, 11) is 0. The van der Waals surface area contributed by atoms with Crippen LogP contribution in [0.4, 0.5) is 11.5 Å². The van der Waals surface area contributed by atoms with Crippen molar-refractivity contribution < 1.29 is 10.0 Å². The van der Waals surface area contributed by atoms with Crippen molar-refractivity contribution in [2.24, 2.45) is 0 Å². The molecular formula is C10H13ClN4O3. The molecule has 1 aromatic heterocycles. The van der Waals surface area contributed by atoms with Gasteiger partial charge in [0.15, 0.2) is 0 Å². The van der Waals surface area contributed by atoms with E-state index in [1.54, 1.807) is 4.90 Å². The number of aliphatic hydroxyl groups excluding tert-OH is 1. The van der Waals surface area contributed by atoms with E-state index in [1.807, 2.05) is 0 Å². The monoisotopic (exact) mass is 272 g/mol. The van der Waals surface area contributed by atoms with Crippen molar-refractivity contribution >= 4 is 23.1 Å². The Morgan fingerprint density at radius 2 is 2.33 bits per heavy atom. The molecular weight excluding hydrogens is 260 g/mol. The van der Waals surface area contributed by atoms with Crippen molar-refractivity contribution in [3.05, 3.63) is 21.1 Å². The van der Waals surface area contributed by atoms with Crippen LogP contribution in [0.3, 0.4) is 0 Å². The first-order valence-electron chi connectivity index (χ1n) is 5.60. The van der Waals surface area contributed by atoms with Crippen molar-refractivity contribution in [2.45, 2.75) is 25.8 Å². The molecule has 98 valence electrons. The van der Waals surface area contributed by atoms with Crippen LogP contribution in [0.15, 0.2) is 0 Å². The topological polar surface area (TPSA) is 92.4 Å². The Bertz CT molecular complexity index is 482. The van der Waals surface area contributed by atoms with Crippen molar-refractivity contribution in [2.75, 3.05) is 18.1 Å². The smallest absolute Gasteiger partial charge is 0.332 e. The molecule has 2 heterocycles. The zero-order valence-corrected chi connectivity index (χ0v) is 10.6. The first-order valence-corrected chi connectivity index (χ1v) is 5.98. The summed E-state index contributed by atoms with van der Waals surface area (Å²) in [5.41, 5.74) is 0.0957. The summed E-state index contributed by atoms with van der Waals surface area (Å²) in [5.74, 6) is 0.203. The fourth-order valence-electron chi connectivity index (χ4n) is 2.24. The quantitative estimate of drug-likeness (QED) is 0.507. The molecule has 0 bridgehead atoms. The predicted octanol–water partition coefficient (Wildman–Crippen LogP) is 1.31. The van der Waals surface area contributed by atoms with Gasteiger partial charge in [-0.05, 0) is 31.4 Å². The zero-order valence-electron chi connectivity index (χ0n) is 9.84. The molecule has 1 unspecified atom stereocenters. The van der Waals surface area contributed by atoms with Crippen LogP contribution in [0, 0.1) is 17.0 Å². The Hall–Kier alpha value is -1.47. The standard InChI is InChI=1S/C10H13ClN4O3/c1-6-8(15(17)18)9(13-10(11)12-6)14-4-2-3-7(14)5-16/h7,16H,2-5H2,1H3. The van der Waals surface area contributed by atoms with E-state index in [4.69, 9.17) is 11.6 Å². The first kappa shape index (κ1) is 13.0. The minimum atomic E-state index is -0.506. The summed E-state index contributed by atoms with van der Waals surface area (Å²) in [5, 5.41) is 20.4. The average molecular weight is 273 g/mol. The Kier molecular flexibility index (Phi) is 3.63. The number of nitro groups is 1. The van der Waals surface area contributed by atoms with E-state index in [0.717, 1.165) is 12.8 Å². The van der Waals surface area contributed by atoms with E-state index >= 15 is 0 Å². The minimum Gasteiger partial charge on any atom is -0.394 e. The molecule has 1 aliphatic rings. The van der Waals surface area contributed by atoms with Crippen molar-refractivity contribution in [1.82, 2.24) is 9.97 Å². The first-order chi connectivity index (χ1) is 8.54. The van der Waals surface area contributed by atoms with E-state index in [2.05, 4.69) is 9.97 Å². The maximum atomic E-state index is 11.1. The average Bonchev–Trinajstić information content (AvgIpc) is 2.74. The van der Waals surface area contributed by atoms with Gasteiger partial charge < -0.3 is 10.0 Å². The Morgan fingerprint density at radius 1 is 1.61 bits per heavy atom. The summed E-state index contributed by atoms with van der Waals surface area (Å²) >= 11 is 5.76. The van der Waals surface area contributed by atoms with Crippen LogP contribution in [0.2, 0.25) is 5.28 Å². The summed E-state index contributed by atoms with van der Waals surface area (Å²) in [4.78, 5) is 20.1. The van der Waals surface area contributed by atoms with E-state index in [0.29, 0.717) is 6.54 Å². The molecule has 0 spiro atoms. The van der Waals surface area contributed by atoms with Crippen molar-refractivity contribution in [3.63, 3.8) is 0 Å². The van der Waals surface area contributed by atoms with Gasteiger partial charge in [0.25, 0.3) is 0 Å². The number of aliphatic hydroxyl groups is 1. The second-order valence-electron chi connectivity index (χ2n) is 4.18. The number of rotatable bonds is 3. The maximum Gasteiger partial charge on any atom is 0.332 e. The normalized spacial score (nSPS) is 19.3. The lowest BCUT2D eigenvalue weighted by molar-refractivity contribution is -0.385. The molecule has 0 amide bonds. The molecule has 8 heteroatoms. The fourth-order valence-corrected chi connectivity index (χ4v) is 2.44. The second kappa shape index (κ2) is 5.03. The number of hydrogen-bond acceptors (Lipinski definition) is 6. The van der Waals surface area contributed by atoms with Crippen LogP contribution < -0.4 is 4.90 Å². The molecule has 0 radical (unpaired) electrons. The minimum absolute atomic E-state index is 0.0170. The van der Waals surface area contributed by atoms with Gasteiger partial charge in [-0.25, -0.2) is 4.98 Å². The van der Waals surface area contributed by atoms with E-state index < -0.39 is 4.92 Å². The molecule has 1 atom stereocenters. The van der Waals surface area contributed by atoms with Crippen LogP contribution in [0.1, 0.15) is 18.5 Å². The molecule has 1 aromatic rings. The van der Waals surface area contributed by atoms with E-state index in [-0.39, 0.29) is 35.1 Å². The number of aromatic nitrogens is 2. The lowest BCUT2D eigenvalue weighted by Gasteiger charge is -2.23. The number of hydrogen-bond donors (Lipinski definition) is 1. The van der Waals surface area contributed by atoms with Gasteiger partial charge in [-0.2, -0.15) is 4.98 Å². The second-order valence-corrected chi connectivity index (χ2v) is 4.52. The highest BCUT2D eigenvalue weighted by atomic mass is 35.5. The van der Waals surface area contributed by atoms with Gasteiger partial charge in [-0.1, -0.05) is 0 Å². The van der Waals surface area contributed by atoms with Crippen LogP contribution >= 0.6 is 11.6 Å². The molecule has 2 rings (SSSR count). The van der Waals surface area contributed by atoms with Gasteiger partial charge in [0.1, 0.15) is 5.69 Å². The number of halogens is 1. The maximum absolute atomic E-state index is 11.1. The molecule has 1 fully saturated rings. The molecule has 0 aromatic carbocycles. The number of anilines is 1. The third kappa shape index (κ3) is 2.23. The van der Waals surface area contributed by atoms with Gasteiger partial charge in [-0.3, -0.25) is 10.1 Å². The third-order valence-electron chi connectivity index (χ3n) is 3.06. The van der Waals surface area contributed by atoms with E-state index in [1.165, 1.54) is 6.92 Å². The summed E-state index contributed by atoms with van der Waals surface area (Å²) < 4.78 is 0. The molecule has 1 saturated heterocycles. The van der Waals surface area contributed by atoms with Gasteiger partial charge in [-0.15, -0.1) is 0 Å². The van der Waals surface area contributed by atoms with Gasteiger partial charge in [0.2, 0.25) is 11.1 Å². The highest BCUT2D eigenvalue weighted by Crippen LogP contribution is 2.34. The molecule has 7 nitrogen and oxygen atoms in total. The number of nitrogens with zero attached hydrogens (tertiary/aromatic N) is 4. The van der Waals surface area contributed by atoms with E-state index in [9.17, 15) is 15.2 Å². The SMILES string of the molecule is Cc1nc(Cl)nc(N2CCCC2CO)c1[N+](=O)[O-]. The summed E-state index contributed by atoms with van der Waals surface area (Å²) in [6, 6.07) is -0.144. The van der Waals surface area contributed by atoms with Crippen LogP contribution in [-0.4, -0.2) is 39.2 Å². The highest BCUT2D eigenvalue weighted by Gasteiger charge is 2.32. The third-order valence-corrected chi connectivity index (χ3v) is 3.22. The summed E-state index contributed by atoms with van der Waals surface area (Å²) in [6.45, 7) is 2.09. The lowest BCUT2D eigenvalue weighted by atomic mass is 10.2. The molecule has 0 aliphatic carbocycles. The van der Waals surface area contributed by atoms with Crippen molar-refractivity contribution in [3.8, 4) is 0 Å². The van der Waals surface area contributed by atoms with Crippen molar-refractivity contribution in [1.29, 1.82) is 0 Å². The van der Waals surface area contributed by atoms with Gasteiger partial charge in [0.05, 0.1) is 17.6 Å².